The van der Waals surface area contributed by atoms with Crippen LogP contribution in [-0.2, 0) is 19.6 Å². The molecule has 5 nitrogen and oxygen atoms in total. The molecular weight excluding hydrogens is 471 g/mol. The van der Waals surface area contributed by atoms with E-state index in [0.717, 1.165) is 51.4 Å². The van der Waals surface area contributed by atoms with Crippen molar-refractivity contribution in [2.45, 2.75) is 167 Å². The molecule has 0 fully saturated rings. The molecule has 0 aromatic carbocycles. The van der Waals surface area contributed by atoms with Gasteiger partial charge >= 0.3 is 35.5 Å². The predicted molar refractivity (Wildman–Crippen MR) is 142 cm³/mol. The van der Waals surface area contributed by atoms with Crippen molar-refractivity contribution in [1.82, 2.24) is 0 Å². The third-order valence-electron chi connectivity index (χ3n) is 6.67. The summed E-state index contributed by atoms with van der Waals surface area (Å²) in [6, 6.07) is 0. The number of carbonyl (C=O) groups is 1. The molecule has 0 saturated carbocycles. The summed E-state index contributed by atoms with van der Waals surface area (Å²) >= 11 is 0. The molecule has 0 aromatic rings. The first-order chi connectivity index (χ1) is 16.4. The maximum atomic E-state index is 12.1. The Morgan fingerprint density at radius 3 is 1.26 bits per heavy atom. The van der Waals surface area contributed by atoms with Gasteiger partial charge in [0.05, 0.1) is 6.61 Å². The second kappa shape index (κ2) is 27.4. The zero-order valence-electron chi connectivity index (χ0n) is 23.5. The fourth-order valence-electron chi connectivity index (χ4n) is 4.41. The Labute approximate surface area is 240 Å². The Balaban J connectivity index is 0. The van der Waals surface area contributed by atoms with E-state index in [0.29, 0.717) is 6.42 Å². The number of ether oxygens (including phenoxy) is 1. The second-order valence-corrected chi connectivity index (χ2v) is 11.6. The molecule has 0 saturated heterocycles. The van der Waals surface area contributed by atoms with Gasteiger partial charge in [-0.3, -0.25) is 4.79 Å². The molecule has 0 amide bonds. The number of unbranched alkanes of at least 4 members (excludes halogenated alkanes) is 20. The van der Waals surface area contributed by atoms with Crippen molar-refractivity contribution in [3.8, 4) is 0 Å². The maximum Gasteiger partial charge on any atom is 1.00 e. The number of esters is 1. The molecule has 0 aliphatic rings. The summed E-state index contributed by atoms with van der Waals surface area (Å²) in [5.41, 5.74) is 0. The Morgan fingerprint density at radius 2 is 0.914 bits per heavy atom. The van der Waals surface area contributed by atoms with Crippen LogP contribution in [0.1, 0.15) is 162 Å². The van der Waals surface area contributed by atoms with Gasteiger partial charge in [-0.1, -0.05) is 149 Å². The van der Waals surface area contributed by atoms with E-state index in [4.69, 9.17) is 4.74 Å². The van der Waals surface area contributed by atoms with Crippen LogP contribution < -0.4 is 29.6 Å². The van der Waals surface area contributed by atoms with E-state index < -0.39 is 21.3 Å². The molecule has 1 unspecified atom stereocenters. The van der Waals surface area contributed by atoms with Crippen molar-refractivity contribution in [2.75, 3.05) is 6.61 Å². The largest absolute Gasteiger partial charge is 1.00 e. The summed E-state index contributed by atoms with van der Waals surface area (Å²) < 4.78 is 39.5. The summed E-state index contributed by atoms with van der Waals surface area (Å²) in [7, 11) is -4.66. The monoisotopic (exact) mass is 526 g/mol. The summed E-state index contributed by atoms with van der Waals surface area (Å²) in [5.74, 6) is -0.857. The van der Waals surface area contributed by atoms with E-state index in [2.05, 4.69) is 13.8 Å². The van der Waals surface area contributed by atoms with Crippen molar-refractivity contribution in [3.63, 3.8) is 0 Å². The average Bonchev–Trinajstić information content (AvgIpc) is 2.79. The Bertz CT molecular complexity index is 554. The van der Waals surface area contributed by atoms with Gasteiger partial charge in [0.15, 0.2) is 0 Å². The first-order valence-electron chi connectivity index (χ1n) is 14.5. The molecule has 0 radical (unpaired) electrons. The number of rotatable bonds is 26. The fraction of sp³-hybridized carbons (Fsp3) is 0.964. The first-order valence-corrected chi connectivity index (χ1v) is 16.0. The maximum absolute atomic E-state index is 12.1. The molecule has 0 bridgehead atoms. The van der Waals surface area contributed by atoms with E-state index in [-0.39, 0.29) is 42.6 Å². The molecule has 0 rings (SSSR count). The van der Waals surface area contributed by atoms with Gasteiger partial charge < -0.3 is 9.29 Å². The molecule has 0 N–H and O–H groups in total. The van der Waals surface area contributed by atoms with Crippen molar-refractivity contribution in [3.05, 3.63) is 0 Å². The van der Waals surface area contributed by atoms with Gasteiger partial charge in [-0.25, -0.2) is 8.42 Å². The first kappa shape index (κ1) is 37.5. The average molecular weight is 527 g/mol. The van der Waals surface area contributed by atoms with Crippen LogP contribution in [0.4, 0.5) is 0 Å². The topological polar surface area (TPSA) is 83.5 Å². The van der Waals surface area contributed by atoms with Crippen molar-refractivity contribution < 1.29 is 52.1 Å². The van der Waals surface area contributed by atoms with E-state index >= 15 is 0 Å². The summed E-state index contributed by atoms with van der Waals surface area (Å²) in [6.07, 6.45) is 26.2. The third-order valence-corrected chi connectivity index (χ3v) is 7.80. The van der Waals surface area contributed by atoms with Crippen molar-refractivity contribution >= 4 is 16.1 Å². The summed E-state index contributed by atoms with van der Waals surface area (Å²) in [5, 5.41) is -1.54. The van der Waals surface area contributed by atoms with E-state index in [9.17, 15) is 17.8 Å². The zero-order chi connectivity index (χ0) is 25.3. The van der Waals surface area contributed by atoms with Gasteiger partial charge in [-0.2, -0.15) is 0 Å². The van der Waals surface area contributed by atoms with Crippen LogP contribution in [0.5, 0.6) is 0 Å². The minimum absolute atomic E-state index is 0. The van der Waals surface area contributed by atoms with Gasteiger partial charge in [0.1, 0.15) is 15.4 Å². The molecule has 0 heterocycles. The van der Waals surface area contributed by atoms with Gasteiger partial charge in [0, 0.05) is 0 Å². The molecule has 7 heteroatoms. The molecular formula is C28H55NaO5S. The van der Waals surface area contributed by atoms with E-state index in [1.807, 2.05) is 0 Å². The molecule has 0 aliphatic heterocycles. The predicted octanol–water partition coefficient (Wildman–Crippen LogP) is 5.46. The van der Waals surface area contributed by atoms with Crippen LogP contribution in [0.2, 0.25) is 0 Å². The van der Waals surface area contributed by atoms with Crippen LogP contribution >= 0.6 is 0 Å². The Kier molecular flexibility index (Phi) is 29.4. The Morgan fingerprint density at radius 1 is 0.600 bits per heavy atom. The standard InChI is InChI=1S/C28H56O5S.Na/c1-3-5-7-9-11-12-13-14-15-16-17-18-19-20-22-24-26-33-28(29)27(34(30,31)32)25-23-21-10-8-6-4-2;/h27H,3-26H2,1-2H3,(H,30,31,32);/q;+1/p-1. The van der Waals surface area contributed by atoms with Gasteiger partial charge in [0.2, 0.25) is 0 Å². The molecule has 204 valence electrons. The molecule has 35 heavy (non-hydrogen) atoms. The SMILES string of the molecule is CCCCCCCCCCCCCCCCCCOC(=O)C(CCCCCCCC)S(=O)(=O)[O-].[Na+]. The smallest absolute Gasteiger partial charge is 0.747 e. The van der Waals surface area contributed by atoms with Gasteiger partial charge in [0.25, 0.3) is 0 Å². The molecule has 0 aliphatic carbocycles. The molecule has 0 aromatic heterocycles. The Hall–Kier alpha value is 0.380. The van der Waals surface area contributed by atoms with Crippen LogP contribution in [-0.4, -0.2) is 30.8 Å². The number of hydrogen-bond donors (Lipinski definition) is 0. The zero-order valence-corrected chi connectivity index (χ0v) is 26.3. The fourth-order valence-corrected chi connectivity index (χ4v) is 5.17. The second-order valence-electron chi connectivity index (χ2n) is 10.0. The minimum Gasteiger partial charge on any atom is -0.747 e. The molecule has 0 spiro atoms. The van der Waals surface area contributed by atoms with Crippen LogP contribution in [0.25, 0.3) is 0 Å². The summed E-state index contributed by atoms with van der Waals surface area (Å²) in [6.45, 7) is 4.60. The summed E-state index contributed by atoms with van der Waals surface area (Å²) in [4.78, 5) is 12.1. The van der Waals surface area contributed by atoms with Crippen LogP contribution in [0, 0.1) is 0 Å². The van der Waals surface area contributed by atoms with E-state index in [1.54, 1.807) is 0 Å². The van der Waals surface area contributed by atoms with Crippen LogP contribution in [0.15, 0.2) is 0 Å². The van der Waals surface area contributed by atoms with Gasteiger partial charge in [-0.05, 0) is 12.8 Å². The minimum atomic E-state index is -4.66. The third kappa shape index (κ3) is 25.8. The number of carbonyl (C=O) groups excluding carboxylic acids is 1. The van der Waals surface area contributed by atoms with Crippen molar-refractivity contribution in [2.24, 2.45) is 0 Å². The quantitative estimate of drug-likeness (QED) is 0.0647. The van der Waals surface area contributed by atoms with Crippen LogP contribution in [0.3, 0.4) is 0 Å². The van der Waals surface area contributed by atoms with Gasteiger partial charge in [-0.15, -0.1) is 0 Å². The number of hydrogen-bond acceptors (Lipinski definition) is 5. The van der Waals surface area contributed by atoms with E-state index in [1.165, 1.54) is 83.5 Å². The van der Waals surface area contributed by atoms with Crippen molar-refractivity contribution in [1.29, 1.82) is 0 Å². The normalized spacial score (nSPS) is 12.3. The molecule has 1 atom stereocenters.